The van der Waals surface area contributed by atoms with Crippen LogP contribution in [-0.4, -0.2) is 25.5 Å². The van der Waals surface area contributed by atoms with E-state index in [9.17, 15) is 9.59 Å². The van der Waals surface area contributed by atoms with Crippen molar-refractivity contribution in [3.8, 4) is 0 Å². The quantitative estimate of drug-likeness (QED) is 0.832. The summed E-state index contributed by atoms with van der Waals surface area (Å²) < 4.78 is 4.71. The molecule has 3 N–H and O–H groups in total. The van der Waals surface area contributed by atoms with E-state index in [2.05, 4.69) is 5.32 Å². The minimum Gasteiger partial charge on any atom is -0.465 e. The van der Waals surface area contributed by atoms with Crippen molar-refractivity contribution in [2.24, 2.45) is 17.6 Å². The van der Waals surface area contributed by atoms with Gasteiger partial charge >= 0.3 is 5.97 Å². The van der Waals surface area contributed by atoms with Crippen molar-refractivity contribution in [1.29, 1.82) is 0 Å². The minimum absolute atomic E-state index is 0.00408. The second kappa shape index (κ2) is 6.72. The molecule has 0 spiro atoms. The first kappa shape index (κ1) is 15.5. The Balaban J connectivity index is 2.08. The molecular formula is C16H22N2O3. The van der Waals surface area contributed by atoms with Crippen LogP contribution in [0.15, 0.2) is 18.2 Å². The van der Waals surface area contributed by atoms with Crippen LogP contribution in [0.2, 0.25) is 0 Å². The van der Waals surface area contributed by atoms with Gasteiger partial charge in [-0.15, -0.1) is 0 Å². The zero-order chi connectivity index (χ0) is 15.4. The van der Waals surface area contributed by atoms with Gasteiger partial charge in [0, 0.05) is 11.6 Å². The monoisotopic (exact) mass is 290 g/mol. The van der Waals surface area contributed by atoms with Crippen molar-refractivity contribution in [3.63, 3.8) is 0 Å². The molecule has 0 bridgehead atoms. The van der Waals surface area contributed by atoms with Crippen molar-refractivity contribution >= 4 is 17.6 Å². The zero-order valence-corrected chi connectivity index (χ0v) is 12.5. The van der Waals surface area contributed by atoms with Crippen LogP contribution in [0.4, 0.5) is 5.69 Å². The third-order valence-electron chi connectivity index (χ3n) is 4.20. The van der Waals surface area contributed by atoms with E-state index in [0.29, 0.717) is 17.8 Å². The smallest absolute Gasteiger partial charge is 0.338 e. The predicted octanol–water partition coefficient (Wildman–Crippen LogP) is 2.10. The molecule has 0 aliphatic heterocycles. The number of carbonyl (C=O) groups is 2. The molecule has 2 rings (SSSR count). The summed E-state index contributed by atoms with van der Waals surface area (Å²) in [5.74, 6) is -0.0754. The highest BCUT2D eigenvalue weighted by atomic mass is 16.5. The van der Waals surface area contributed by atoms with Crippen LogP contribution in [0.1, 0.15) is 35.2 Å². The van der Waals surface area contributed by atoms with Crippen molar-refractivity contribution in [2.75, 3.05) is 19.0 Å². The molecule has 1 aromatic carbocycles. The number of amides is 1. The lowest BCUT2D eigenvalue weighted by molar-refractivity contribution is -0.120. The minimum atomic E-state index is -0.371. The normalized spacial score (nSPS) is 21.1. The number of benzene rings is 1. The number of nitrogens with one attached hydrogen (secondary N) is 1. The number of hydrogen-bond donors (Lipinski definition) is 2. The highest BCUT2D eigenvalue weighted by molar-refractivity contribution is 5.95. The Labute approximate surface area is 124 Å². The predicted molar refractivity (Wildman–Crippen MR) is 81.0 cm³/mol. The van der Waals surface area contributed by atoms with Gasteiger partial charge in [-0.1, -0.05) is 6.42 Å². The van der Waals surface area contributed by atoms with Crippen LogP contribution in [-0.2, 0) is 9.53 Å². The molecule has 5 nitrogen and oxygen atoms in total. The number of aryl methyl sites for hydroxylation is 1. The van der Waals surface area contributed by atoms with Gasteiger partial charge in [0.25, 0.3) is 0 Å². The maximum absolute atomic E-state index is 12.3. The van der Waals surface area contributed by atoms with Gasteiger partial charge in [0.2, 0.25) is 5.91 Å². The number of esters is 1. The van der Waals surface area contributed by atoms with E-state index in [1.807, 2.05) is 6.92 Å². The summed E-state index contributed by atoms with van der Waals surface area (Å²) in [6.45, 7) is 2.37. The van der Waals surface area contributed by atoms with Crippen LogP contribution in [0, 0.1) is 18.8 Å². The van der Waals surface area contributed by atoms with E-state index in [-0.39, 0.29) is 23.7 Å². The van der Waals surface area contributed by atoms with Crippen LogP contribution in [0.3, 0.4) is 0 Å². The highest BCUT2D eigenvalue weighted by Crippen LogP contribution is 2.32. The molecule has 1 fully saturated rings. The molecule has 0 heterocycles. The van der Waals surface area contributed by atoms with Gasteiger partial charge < -0.3 is 15.8 Å². The second-order valence-electron chi connectivity index (χ2n) is 5.54. The van der Waals surface area contributed by atoms with Gasteiger partial charge in [-0.2, -0.15) is 0 Å². The SMILES string of the molecule is COC(=O)c1ccc(NC(=O)[C@@H]2CCC[C@@H]2CN)cc1C. The molecule has 0 aromatic heterocycles. The number of anilines is 1. The van der Waals surface area contributed by atoms with E-state index in [0.717, 1.165) is 24.8 Å². The van der Waals surface area contributed by atoms with Crippen molar-refractivity contribution in [2.45, 2.75) is 26.2 Å². The van der Waals surface area contributed by atoms with Gasteiger partial charge in [-0.3, -0.25) is 4.79 Å². The van der Waals surface area contributed by atoms with Crippen molar-refractivity contribution in [1.82, 2.24) is 0 Å². The number of carbonyl (C=O) groups excluding carboxylic acids is 2. The van der Waals surface area contributed by atoms with Crippen molar-refractivity contribution < 1.29 is 14.3 Å². The van der Waals surface area contributed by atoms with Gasteiger partial charge in [-0.25, -0.2) is 4.79 Å². The number of hydrogen-bond acceptors (Lipinski definition) is 4. The maximum Gasteiger partial charge on any atom is 0.338 e. The summed E-state index contributed by atoms with van der Waals surface area (Å²) in [6, 6.07) is 5.19. The average Bonchev–Trinajstić information content (AvgIpc) is 2.95. The van der Waals surface area contributed by atoms with Gasteiger partial charge in [0.15, 0.2) is 0 Å². The number of ether oxygens (including phenoxy) is 1. The largest absolute Gasteiger partial charge is 0.465 e. The van der Waals surface area contributed by atoms with E-state index in [4.69, 9.17) is 10.5 Å². The molecule has 21 heavy (non-hydrogen) atoms. The molecule has 5 heteroatoms. The molecule has 0 radical (unpaired) electrons. The standard InChI is InChI=1S/C16H22N2O3/c1-10-8-12(6-7-13(10)16(20)21-2)18-15(19)14-5-3-4-11(14)9-17/h6-8,11,14H,3-5,9,17H2,1-2H3,(H,18,19)/t11-,14-/m1/s1. The van der Waals surface area contributed by atoms with E-state index >= 15 is 0 Å². The molecule has 1 aliphatic carbocycles. The Morgan fingerprint density at radius 1 is 1.38 bits per heavy atom. The summed E-state index contributed by atoms with van der Waals surface area (Å²) >= 11 is 0. The molecule has 0 saturated heterocycles. The zero-order valence-electron chi connectivity index (χ0n) is 12.5. The fourth-order valence-corrected chi connectivity index (χ4v) is 2.98. The van der Waals surface area contributed by atoms with Gasteiger partial charge in [0.05, 0.1) is 12.7 Å². The van der Waals surface area contributed by atoms with Crippen molar-refractivity contribution in [3.05, 3.63) is 29.3 Å². The Kier molecular flexibility index (Phi) is 4.96. The maximum atomic E-state index is 12.3. The number of methoxy groups -OCH3 is 1. The molecule has 1 aliphatic rings. The van der Waals surface area contributed by atoms with Gasteiger partial charge in [0.1, 0.15) is 0 Å². The first-order valence-corrected chi connectivity index (χ1v) is 7.26. The molecule has 1 saturated carbocycles. The first-order chi connectivity index (χ1) is 10.1. The summed E-state index contributed by atoms with van der Waals surface area (Å²) in [5, 5.41) is 2.93. The summed E-state index contributed by atoms with van der Waals surface area (Å²) in [6.07, 6.45) is 2.97. The van der Waals surface area contributed by atoms with Gasteiger partial charge in [-0.05, 0) is 56.0 Å². The Morgan fingerprint density at radius 3 is 2.76 bits per heavy atom. The lowest BCUT2D eigenvalue weighted by atomic mass is 9.95. The molecular weight excluding hydrogens is 268 g/mol. The molecule has 1 amide bonds. The molecule has 1 aromatic rings. The number of rotatable bonds is 4. The third kappa shape index (κ3) is 3.42. The Bertz CT molecular complexity index is 542. The van der Waals surface area contributed by atoms with Crippen LogP contribution >= 0.6 is 0 Å². The fourth-order valence-electron chi connectivity index (χ4n) is 2.98. The number of nitrogens with two attached hydrogens (primary N) is 1. The molecule has 2 atom stereocenters. The Hall–Kier alpha value is -1.88. The third-order valence-corrected chi connectivity index (χ3v) is 4.20. The van der Waals surface area contributed by atoms with E-state index < -0.39 is 0 Å². The summed E-state index contributed by atoms with van der Waals surface area (Å²) in [5.41, 5.74) is 7.71. The first-order valence-electron chi connectivity index (χ1n) is 7.26. The van der Waals surface area contributed by atoms with Crippen LogP contribution in [0.25, 0.3) is 0 Å². The fraction of sp³-hybridized carbons (Fsp3) is 0.500. The highest BCUT2D eigenvalue weighted by Gasteiger charge is 2.31. The summed E-state index contributed by atoms with van der Waals surface area (Å²) in [7, 11) is 1.35. The van der Waals surface area contributed by atoms with E-state index in [1.165, 1.54) is 7.11 Å². The molecule has 0 unspecified atom stereocenters. The lowest BCUT2D eigenvalue weighted by Gasteiger charge is -2.17. The topological polar surface area (TPSA) is 81.4 Å². The van der Waals surface area contributed by atoms with Crippen LogP contribution in [0.5, 0.6) is 0 Å². The molecule has 114 valence electrons. The van der Waals surface area contributed by atoms with Crippen LogP contribution < -0.4 is 11.1 Å². The summed E-state index contributed by atoms with van der Waals surface area (Å²) in [4.78, 5) is 23.8. The van der Waals surface area contributed by atoms with E-state index in [1.54, 1.807) is 18.2 Å². The second-order valence-corrected chi connectivity index (χ2v) is 5.54. The lowest BCUT2D eigenvalue weighted by Crippen LogP contribution is -2.29. The average molecular weight is 290 g/mol. The Morgan fingerprint density at radius 2 is 2.14 bits per heavy atom.